The van der Waals surface area contributed by atoms with Gasteiger partial charge in [-0.3, -0.25) is 50.9 Å². The third-order valence-corrected chi connectivity index (χ3v) is 24.4. The smallest absolute Gasteiger partial charge is 0.870 e. The molecule has 9 N–H and O–H groups in total. The number of alkyl carbamates (subject to hydrolysis) is 1. The van der Waals surface area contributed by atoms with Gasteiger partial charge in [0.1, 0.15) is 42.4 Å². The molecule has 0 aliphatic carbocycles. The second kappa shape index (κ2) is 49.0. The Kier molecular flexibility index (Phi) is 49.2. The molecular weight excluding hydrogens is 1770 g/mol. The summed E-state index contributed by atoms with van der Waals surface area (Å²) in [4.78, 5) is 108. The van der Waals surface area contributed by atoms with Crippen molar-refractivity contribution in [2.75, 3.05) is 48.3 Å². The van der Waals surface area contributed by atoms with Crippen LogP contribution >= 0.6 is 45.2 Å². The average molecular weight is 1850 g/mol. The molecule has 3 amide bonds. The maximum absolute atomic E-state index is 12.7. The molecule has 3 fully saturated rings. The summed E-state index contributed by atoms with van der Waals surface area (Å²) >= 11 is 3.73. The maximum Gasteiger partial charge on any atom is 1.00 e. The second-order valence-electron chi connectivity index (χ2n) is 23.6. The number of primary amides is 2. The van der Waals surface area contributed by atoms with Crippen LogP contribution in [-0.4, -0.2) is 201 Å². The number of Topliss-reactive ketones (excluding diaryl/α,β-unsaturated/α-hetero) is 6. The first-order valence-electron chi connectivity index (χ1n) is 30.7. The van der Waals surface area contributed by atoms with E-state index in [2.05, 4.69) is 23.2 Å². The molecule has 0 radical (unpaired) electrons. The number of hydrogen-bond donors (Lipinski definition) is 5. The molecule has 0 aromatic heterocycles. The number of nitrogens with one attached hydrogen (secondary N) is 2. The number of nitrogens with two attached hydrogens (primary N) is 3. The first-order chi connectivity index (χ1) is 46.5. The SMILES string of the molecule is CC(C)(C)OC(=O)NC(CCCCN)C(N)=O.CC(CCCCNCCC(C(=O)c1ccc(C(=O)C(CCI)S(=O)(=O)[O-])cc1)[S-](=O)=O)C(N)=O.O=C(c1ccc(C(=O)C2CCOS2(=O)=O)cc1)C(CCI)S(=O)(=O)[O-].O=C(c1ccc(C(=O)C2CCOS2(=O)=O)cc1)C1CCOS1(=O)=O.[K+].[Na+].[Na+].[OH-]. The number of benzene rings is 3. The molecule has 0 saturated carbocycles. The standard InChI is InChI=1S/C21H30IN2O8S2.C14H15IO8S2.C14H14O8S2.C11H23N3O3.K.2Na.H2O/c1-14(21(23)27)4-2-3-12-24-13-10-17(33(28)29)19(25)15-5-7-16(8-6-15)20(26)18(9-11-22)34(30,31)32;15-7-5-11(24(18,19)20)13(16)9-1-3-10(4-2-9)14(17)12-6-8-23-25(12,21)22;15-13(11-5-7-21-23(11,17)18)9-1-2-10(4-3-9)14(16)12-6-8-22-24(12,19)20;1-11(2,3)17-10(16)14-8(9(13)15)6-4-5-7-12;;;;/h5-8,14,17-18,24H,2-4,9-13H2,1H3,(H2,23,27)(H,30,31,32);1-4,11-12H,5-8H2,(H,18,19,20);1-4,11-12H,5-8H2;8H,4-7,12H2,1-3H3,(H2,13,15)(H,14,16);;;;1H2/q-1;;;;3*+1;/p-3. The van der Waals surface area contributed by atoms with Crippen molar-refractivity contribution in [2.24, 2.45) is 23.1 Å². The first-order valence-corrected chi connectivity index (χ1v) is 42.3. The van der Waals surface area contributed by atoms with Crippen LogP contribution in [0.2, 0.25) is 0 Å². The molecule has 3 saturated heterocycles. The summed E-state index contributed by atoms with van der Waals surface area (Å²) in [5.74, 6) is -5.33. The summed E-state index contributed by atoms with van der Waals surface area (Å²) in [6, 6.07) is 14.4. The Labute approximate surface area is 721 Å². The van der Waals surface area contributed by atoms with Gasteiger partial charge in [-0.05, 0) is 111 Å². The number of alkyl halides is 2. The molecule has 3 aromatic carbocycles. The largest absolute Gasteiger partial charge is 1.00 e. The molecule has 3 heterocycles. The van der Waals surface area contributed by atoms with E-state index in [4.69, 9.17) is 21.9 Å². The molecule has 8 atom stereocenters. The first kappa shape index (κ1) is 104. The van der Waals surface area contributed by atoms with Crippen LogP contribution in [0.15, 0.2) is 72.8 Å². The number of rotatable bonds is 34. The number of ether oxygens (including phenoxy) is 1. The molecule has 3 aliphatic heterocycles. The second-order valence-corrected chi connectivity index (χ2v) is 35.3. The van der Waals surface area contributed by atoms with Gasteiger partial charge in [0.15, 0.2) is 50.4 Å². The Morgan fingerprint density at radius 2 is 0.894 bits per heavy atom. The predicted molar refractivity (Wildman–Crippen MR) is 379 cm³/mol. The fourth-order valence-corrected chi connectivity index (χ4v) is 17.7. The van der Waals surface area contributed by atoms with Crippen LogP contribution in [0.5, 0.6) is 0 Å². The fourth-order valence-electron chi connectivity index (χ4n) is 9.55. The van der Waals surface area contributed by atoms with Gasteiger partial charge >= 0.3 is 117 Å². The van der Waals surface area contributed by atoms with Gasteiger partial charge in [-0.1, -0.05) is 142 Å². The molecule has 0 bridgehead atoms. The topological polar surface area (TPSA) is 574 Å². The summed E-state index contributed by atoms with van der Waals surface area (Å²) in [5.41, 5.74) is 15.4. The van der Waals surface area contributed by atoms with E-state index in [9.17, 15) is 103 Å². The van der Waals surface area contributed by atoms with E-state index in [0.717, 1.165) is 25.7 Å². The Bertz CT molecular complexity index is 3980. The molecule has 6 rings (SSSR count). The zero-order chi connectivity index (χ0) is 75.7. The molecule has 568 valence electrons. The van der Waals surface area contributed by atoms with E-state index in [1.165, 1.54) is 72.8 Å². The summed E-state index contributed by atoms with van der Waals surface area (Å²) in [6.07, 6.45) is 3.62. The molecular formula is C60H81I2KN5Na2O28S6-. The monoisotopic (exact) mass is 1850 g/mol. The normalized spacial score (nSPS) is 18.3. The maximum atomic E-state index is 12.7. The van der Waals surface area contributed by atoms with Crippen LogP contribution in [0.4, 0.5) is 4.79 Å². The van der Waals surface area contributed by atoms with Crippen molar-refractivity contribution in [3.8, 4) is 0 Å². The summed E-state index contributed by atoms with van der Waals surface area (Å²) in [5, 5.41) is -2.95. The van der Waals surface area contributed by atoms with Crippen molar-refractivity contribution in [3.63, 3.8) is 0 Å². The number of carbonyl (C=O) groups is 9. The fraction of sp³-hybridized carbons (Fsp3) is 0.550. The van der Waals surface area contributed by atoms with Gasteiger partial charge in [0.2, 0.25) is 11.8 Å². The molecule has 3 aromatic rings. The Hall–Kier alpha value is -1.63. The number of ketones is 6. The van der Waals surface area contributed by atoms with Crippen LogP contribution in [-0.2, 0) is 96.6 Å². The minimum atomic E-state index is -4.83. The van der Waals surface area contributed by atoms with E-state index in [-0.39, 0.29) is 226 Å². The van der Waals surface area contributed by atoms with Gasteiger partial charge in [0, 0.05) is 53.4 Å². The van der Waals surface area contributed by atoms with Gasteiger partial charge in [-0.15, -0.1) is 0 Å². The van der Waals surface area contributed by atoms with Crippen molar-refractivity contribution in [3.05, 3.63) is 106 Å². The van der Waals surface area contributed by atoms with Gasteiger partial charge in [0.05, 0.1) is 19.8 Å². The average Bonchev–Trinajstić information content (AvgIpc) is 1.50. The van der Waals surface area contributed by atoms with Crippen molar-refractivity contribution in [1.29, 1.82) is 0 Å². The van der Waals surface area contributed by atoms with Crippen molar-refractivity contribution < 1.29 is 236 Å². The number of amides is 3. The Morgan fingerprint density at radius 1 is 0.558 bits per heavy atom. The predicted octanol–water partition coefficient (Wildman–Crippen LogP) is -5.73. The van der Waals surface area contributed by atoms with Crippen molar-refractivity contribution >= 4 is 159 Å². The molecule has 0 spiro atoms. The molecule has 3 aliphatic rings. The molecule has 104 heavy (non-hydrogen) atoms. The zero-order valence-corrected chi connectivity index (χ0v) is 74.4. The van der Waals surface area contributed by atoms with Crippen LogP contribution in [0.3, 0.4) is 0 Å². The number of unbranched alkanes of at least 4 members (excludes halogenated alkanes) is 2. The van der Waals surface area contributed by atoms with E-state index in [1.807, 2.05) is 45.2 Å². The number of carbonyl (C=O) groups excluding carboxylic acids is 9. The van der Waals surface area contributed by atoms with E-state index in [0.29, 0.717) is 34.8 Å². The van der Waals surface area contributed by atoms with Crippen molar-refractivity contribution in [2.45, 2.75) is 148 Å². The third kappa shape index (κ3) is 34.5. The third-order valence-electron chi connectivity index (χ3n) is 15.0. The quantitative estimate of drug-likeness (QED) is 0.00544. The minimum absolute atomic E-state index is 0. The Morgan fingerprint density at radius 3 is 1.17 bits per heavy atom. The van der Waals surface area contributed by atoms with E-state index >= 15 is 0 Å². The molecule has 33 nitrogen and oxygen atoms in total. The number of halogens is 2. The van der Waals surface area contributed by atoms with Crippen LogP contribution in [0, 0.1) is 5.92 Å². The summed E-state index contributed by atoms with van der Waals surface area (Å²) < 4.78 is 180. The molecule has 44 heteroatoms. The van der Waals surface area contributed by atoms with Gasteiger partial charge < -0.3 is 55.6 Å². The minimum Gasteiger partial charge on any atom is -0.870 e. The van der Waals surface area contributed by atoms with Crippen LogP contribution < -0.4 is 138 Å². The van der Waals surface area contributed by atoms with Gasteiger partial charge in [-0.25, -0.2) is 21.6 Å². The zero-order valence-electron chi connectivity index (χ0n) is 58.1. The van der Waals surface area contributed by atoms with Crippen LogP contribution in [0.25, 0.3) is 0 Å². The molecule has 8 unspecified atom stereocenters. The summed E-state index contributed by atoms with van der Waals surface area (Å²) in [7, 11) is -24.0. The van der Waals surface area contributed by atoms with E-state index < -0.39 is 151 Å². The Balaban J connectivity index is 0. The number of hydrogen-bond acceptors (Lipinski definition) is 31. The summed E-state index contributed by atoms with van der Waals surface area (Å²) in [6.45, 7) is 8.31. The van der Waals surface area contributed by atoms with Crippen LogP contribution in [0.1, 0.15) is 167 Å². The van der Waals surface area contributed by atoms with Crippen molar-refractivity contribution in [1.82, 2.24) is 10.6 Å². The van der Waals surface area contributed by atoms with Gasteiger partial charge in [-0.2, -0.15) is 25.3 Å². The van der Waals surface area contributed by atoms with E-state index in [1.54, 1.807) is 27.7 Å². The van der Waals surface area contributed by atoms with Gasteiger partial charge in [0.25, 0.3) is 30.4 Å².